The van der Waals surface area contributed by atoms with Crippen LogP contribution < -0.4 is 5.73 Å². The summed E-state index contributed by atoms with van der Waals surface area (Å²) < 4.78 is 47.3. The van der Waals surface area contributed by atoms with Crippen LogP contribution in [0.5, 0.6) is 0 Å². The first-order valence-corrected chi connectivity index (χ1v) is 9.71. The number of sulfonamides is 1. The molecule has 0 aliphatic heterocycles. The minimum absolute atomic E-state index is 0.180. The molecule has 0 unspecified atom stereocenters. The van der Waals surface area contributed by atoms with Gasteiger partial charge in [0, 0.05) is 26.4 Å². The molecule has 1 aromatic rings. The van der Waals surface area contributed by atoms with E-state index < -0.39 is 25.6 Å². The Hall–Kier alpha value is -0.960. The van der Waals surface area contributed by atoms with Gasteiger partial charge in [0.25, 0.3) is 0 Å². The summed E-state index contributed by atoms with van der Waals surface area (Å²) in [5, 5.41) is 0. The third kappa shape index (κ3) is 5.20. The van der Waals surface area contributed by atoms with Crippen molar-refractivity contribution in [2.75, 3.05) is 24.8 Å². The number of nitrogens with two attached hydrogens (primary N) is 1. The lowest BCUT2D eigenvalue weighted by Crippen LogP contribution is -2.31. The standard InChI is InChI=1S/C12H20N2O4S2/c1-14(20(17,18)8-7-19(2,15)16)10-12-6-4-3-5-11(12)9-13/h3-6H,7-10,13H2,1-2H3. The molecular weight excluding hydrogens is 300 g/mol. The number of sulfone groups is 1. The van der Waals surface area contributed by atoms with Gasteiger partial charge in [0.2, 0.25) is 10.0 Å². The van der Waals surface area contributed by atoms with Gasteiger partial charge in [-0.15, -0.1) is 0 Å². The highest BCUT2D eigenvalue weighted by Crippen LogP contribution is 2.13. The van der Waals surface area contributed by atoms with Gasteiger partial charge in [-0.25, -0.2) is 21.1 Å². The summed E-state index contributed by atoms with van der Waals surface area (Å²) in [5.41, 5.74) is 7.30. The van der Waals surface area contributed by atoms with Gasteiger partial charge in [0.05, 0.1) is 11.5 Å². The van der Waals surface area contributed by atoms with Crippen LogP contribution in [0.15, 0.2) is 24.3 Å². The summed E-state index contributed by atoms with van der Waals surface area (Å²) in [5.74, 6) is -0.786. The molecule has 0 atom stereocenters. The van der Waals surface area contributed by atoms with Gasteiger partial charge in [0.15, 0.2) is 0 Å². The van der Waals surface area contributed by atoms with Crippen molar-refractivity contribution >= 4 is 19.9 Å². The van der Waals surface area contributed by atoms with Crippen LogP contribution in [0, 0.1) is 0 Å². The number of hydrogen-bond donors (Lipinski definition) is 1. The summed E-state index contributed by atoms with van der Waals surface area (Å²) in [4.78, 5) is 0. The second kappa shape index (κ2) is 6.66. The third-order valence-electron chi connectivity index (χ3n) is 2.92. The normalized spacial score (nSPS) is 12.8. The Morgan fingerprint density at radius 3 is 2.10 bits per heavy atom. The average Bonchev–Trinajstić information content (AvgIpc) is 2.36. The molecule has 6 nitrogen and oxygen atoms in total. The van der Waals surface area contributed by atoms with Crippen molar-refractivity contribution < 1.29 is 16.8 Å². The molecule has 0 saturated carbocycles. The predicted octanol–water partition coefficient (Wildman–Crippen LogP) is -0.0485. The SMILES string of the molecule is CN(Cc1ccccc1CN)S(=O)(=O)CCS(C)(=O)=O. The van der Waals surface area contributed by atoms with Crippen molar-refractivity contribution in [2.45, 2.75) is 13.1 Å². The Morgan fingerprint density at radius 1 is 1.05 bits per heavy atom. The Labute approximate surface area is 120 Å². The van der Waals surface area contributed by atoms with E-state index in [1.54, 1.807) is 0 Å². The highest BCUT2D eigenvalue weighted by atomic mass is 32.2. The minimum atomic E-state index is -3.60. The minimum Gasteiger partial charge on any atom is -0.326 e. The molecule has 0 heterocycles. The van der Waals surface area contributed by atoms with E-state index >= 15 is 0 Å². The molecule has 0 aliphatic carbocycles. The van der Waals surface area contributed by atoms with Gasteiger partial charge in [-0.2, -0.15) is 0 Å². The van der Waals surface area contributed by atoms with Crippen molar-refractivity contribution in [1.82, 2.24) is 4.31 Å². The molecule has 2 N–H and O–H groups in total. The molecule has 0 saturated heterocycles. The monoisotopic (exact) mass is 320 g/mol. The predicted molar refractivity (Wildman–Crippen MR) is 79.3 cm³/mol. The van der Waals surface area contributed by atoms with Crippen LogP contribution in [0.1, 0.15) is 11.1 Å². The van der Waals surface area contributed by atoms with Crippen LogP contribution in [0.3, 0.4) is 0 Å². The van der Waals surface area contributed by atoms with Crippen LogP contribution in [0.4, 0.5) is 0 Å². The number of nitrogens with zero attached hydrogens (tertiary/aromatic N) is 1. The molecule has 0 bridgehead atoms. The molecule has 0 fully saturated rings. The van der Waals surface area contributed by atoms with Gasteiger partial charge < -0.3 is 5.73 Å². The van der Waals surface area contributed by atoms with E-state index in [1.807, 2.05) is 24.3 Å². The fourth-order valence-corrected chi connectivity index (χ4v) is 4.36. The Balaban J connectivity index is 2.82. The van der Waals surface area contributed by atoms with Gasteiger partial charge >= 0.3 is 0 Å². The molecule has 1 rings (SSSR count). The van der Waals surface area contributed by atoms with E-state index in [0.717, 1.165) is 21.7 Å². The van der Waals surface area contributed by atoms with E-state index in [-0.39, 0.29) is 12.3 Å². The smallest absolute Gasteiger partial charge is 0.215 e. The molecular formula is C12H20N2O4S2. The number of benzene rings is 1. The maximum Gasteiger partial charge on any atom is 0.215 e. The maximum atomic E-state index is 12.0. The van der Waals surface area contributed by atoms with E-state index in [4.69, 9.17) is 5.73 Å². The number of rotatable bonds is 7. The molecule has 0 amide bonds. The van der Waals surface area contributed by atoms with Gasteiger partial charge in [-0.05, 0) is 11.1 Å². The lowest BCUT2D eigenvalue weighted by Gasteiger charge is -2.18. The molecule has 1 aromatic carbocycles. The topological polar surface area (TPSA) is 97.5 Å². The van der Waals surface area contributed by atoms with Gasteiger partial charge in [0.1, 0.15) is 9.84 Å². The van der Waals surface area contributed by atoms with Crippen LogP contribution in [0.2, 0.25) is 0 Å². The van der Waals surface area contributed by atoms with Crippen LogP contribution in [-0.4, -0.2) is 45.9 Å². The van der Waals surface area contributed by atoms with E-state index in [9.17, 15) is 16.8 Å². The lowest BCUT2D eigenvalue weighted by molar-refractivity contribution is 0.466. The average molecular weight is 320 g/mol. The molecule has 114 valence electrons. The highest BCUT2D eigenvalue weighted by Gasteiger charge is 2.20. The third-order valence-corrected chi connectivity index (χ3v) is 5.92. The zero-order chi connectivity index (χ0) is 15.4. The second-order valence-corrected chi connectivity index (χ2v) is 9.13. The molecule has 0 spiro atoms. The fraction of sp³-hybridized carbons (Fsp3) is 0.500. The van der Waals surface area contributed by atoms with Gasteiger partial charge in [-0.1, -0.05) is 24.3 Å². The Morgan fingerprint density at radius 2 is 1.60 bits per heavy atom. The summed E-state index contributed by atoms with van der Waals surface area (Å²) in [7, 11) is -5.47. The first-order chi connectivity index (χ1) is 9.15. The number of hydrogen-bond acceptors (Lipinski definition) is 5. The fourth-order valence-electron chi connectivity index (χ4n) is 1.66. The maximum absolute atomic E-state index is 12.0. The van der Waals surface area contributed by atoms with E-state index in [2.05, 4.69) is 0 Å². The second-order valence-electron chi connectivity index (χ2n) is 4.67. The largest absolute Gasteiger partial charge is 0.326 e. The molecule has 8 heteroatoms. The zero-order valence-corrected chi connectivity index (χ0v) is 13.2. The Bertz CT molecular complexity index is 654. The van der Waals surface area contributed by atoms with Crippen molar-refractivity contribution in [3.8, 4) is 0 Å². The van der Waals surface area contributed by atoms with Gasteiger partial charge in [-0.3, -0.25) is 0 Å². The lowest BCUT2D eigenvalue weighted by atomic mass is 10.1. The first kappa shape index (κ1) is 17.1. The molecule has 0 radical (unpaired) electrons. The zero-order valence-electron chi connectivity index (χ0n) is 11.6. The summed E-state index contributed by atoms with van der Waals surface area (Å²) in [6, 6.07) is 7.30. The van der Waals surface area contributed by atoms with Crippen molar-refractivity contribution in [2.24, 2.45) is 5.73 Å². The van der Waals surface area contributed by atoms with Crippen LogP contribution in [-0.2, 0) is 33.0 Å². The molecule has 20 heavy (non-hydrogen) atoms. The molecule has 0 aromatic heterocycles. The van der Waals surface area contributed by atoms with Crippen molar-refractivity contribution in [3.63, 3.8) is 0 Å². The first-order valence-electron chi connectivity index (χ1n) is 6.04. The summed E-state index contributed by atoms with van der Waals surface area (Å²) in [6.45, 7) is 0.507. The van der Waals surface area contributed by atoms with Crippen LogP contribution >= 0.6 is 0 Å². The van der Waals surface area contributed by atoms with E-state index in [0.29, 0.717) is 6.54 Å². The van der Waals surface area contributed by atoms with Crippen LogP contribution in [0.25, 0.3) is 0 Å². The Kier molecular flexibility index (Phi) is 5.69. The summed E-state index contributed by atoms with van der Waals surface area (Å²) in [6.07, 6.45) is 1.02. The summed E-state index contributed by atoms with van der Waals surface area (Å²) >= 11 is 0. The van der Waals surface area contributed by atoms with E-state index in [1.165, 1.54) is 7.05 Å². The van der Waals surface area contributed by atoms with Crippen molar-refractivity contribution in [3.05, 3.63) is 35.4 Å². The highest BCUT2D eigenvalue weighted by molar-refractivity contribution is 7.93. The molecule has 0 aliphatic rings. The quantitative estimate of drug-likeness (QED) is 0.760. The van der Waals surface area contributed by atoms with Crippen molar-refractivity contribution in [1.29, 1.82) is 0 Å².